The molecule has 0 heterocycles. The van der Waals surface area contributed by atoms with Gasteiger partial charge in [0.25, 0.3) is 0 Å². The summed E-state index contributed by atoms with van der Waals surface area (Å²) in [5.74, 6) is 0.995. The summed E-state index contributed by atoms with van der Waals surface area (Å²) in [6.45, 7) is 2.53. The van der Waals surface area contributed by atoms with Crippen molar-refractivity contribution in [2.24, 2.45) is 21.5 Å². The lowest BCUT2D eigenvalue weighted by Crippen LogP contribution is -2.26. The standard InChI is InChI=1S/C16H19N5O/c1-2-22-14-10-6-9-13(11-14)20-16(18)21-15(17)19-12-7-4-3-5-8-12/h3-11H,2H2,1H3,(H5,17,18,19,20,21). The average Bonchev–Trinajstić information content (AvgIpc) is 2.48. The lowest BCUT2D eigenvalue weighted by molar-refractivity contribution is 0.340. The quantitative estimate of drug-likeness (QED) is 0.596. The Bertz CT molecular complexity index is 667. The van der Waals surface area contributed by atoms with Crippen LogP contribution in [0.25, 0.3) is 0 Å². The summed E-state index contributed by atoms with van der Waals surface area (Å²) in [4.78, 5) is 8.16. The summed E-state index contributed by atoms with van der Waals surface area (Å²) in [5.41, 5.74) is 13.1. The van der Waals surface area contributed by atoms with Crippen molar-refractivity contribution in [3.05, 3.63) is 54.6 Å². The molecule has 0 spiro atoms. The van der Waals surface area contributed by atoms with Crippen LogP contribution >= 0.6 is 0 Å². The van der Waals surface area contributed by atoms with Gasteiger partial charge in [-0.1, -0.05) is 24.3 Å². The van der Waals surface area contributed by atoms with Gasteiger partial charge in [-0.15, -0.1) is 0 Å². The van der Waals surface area contributed by atoms with E-state index in [4.69, 9.17) is 16.2 Å². The molecule has 6 heteroatoms. The van der Waals surface area contributed by atoms with Gasteiger partial charge < -0.3 is 21.5 Å². The topological polar surface area (TPSA) is 98.0 Å². The first-order chi connectivity index (χ1) is 10.7. The number of hydrogen-bond acceptors (Lipinski definition) is 2. The zero-order chi connectivity index (χ0) is 15.8. The maximum absolute atomic E-state index is 5.82. The molecule has 22 heavy (non-hydrogen) atoms. The van der Waals surface area contributed by atoms with Gasteiger partial charge in [-0.3, -0.25) is 0 Å². The van der Waals surface area contributed by atoms with E-state index in [0.717, 1.165) is 17.1 Å². The van der Waals surface area contributed by atoms with Crippen molar-refractivity contribution in [2.75, 3.05) is 11.9 Å². The smallest absolute Gasteiger partial charge is 0.223 e. The molecular weight excluding hydrogens is 278 g/mol. The van der Waals surface area contributed by atoms with Crippen LogP contribution in [0, 0.1) is 0 Å². The second kappa shape index (κ2) is 7.68. The van der Waals surface area contributed by atoms with Gasteiger partial charge in [-0.2, -0.15) is 4.99 Å². The number of anilines is 1. The number of ether oxygens (including phenoxy) is 1. The number of rotatable bonds is 4. The number of benzene rings is 2. The van der Waals surface area contributed by atoms with Gasteiger partial charge in [-0.25, -0.2) is 4.99 Å². The fraction of sp³-hybridized carbons (Fsp3) is 0.125. The molecule has 0 amide bonds. The van der Waals surface area contributed by atoms with E-state index in [2.05, 4.69) is 15.3 Å². The van der Waals surface area contributed by atoms with Crippen molar-refractivity contribution >= 4 is 23.3 Å². The number of hydrogen-bond donors (Lipinski definition) is 3. The van der Waals surface area contributed by atoms with E-state index in [-0.39, 0.29) is 11.9 Å². The van der Waals surface area contributed by atoms with E-state index >= 15 is 0 Å². The summed E-state index contributed by atoms with van der Waals surface area (Å²) in [5, 5.41) is 2.94. The van der Waals surface area contributed by atoms with Crippen LogP contribution in [-0.2, 0) is 0 Å². The van der Waals surface area contributed by atoms with Crippen LogP contribution in [-0.4, -0.2) is 18.5 Å². The molecule has 0 aliphatic rings. The Labute approximate surface area is 129 Å². The van der Waals surface area contributed by atoms with E-state index in [0.29, 0.717) is 6.61 Å². The maximum atomic E-state index is 5.82. The van der Waals surface area contributed by atoms with Crippen LogP contribution in [0.2, 0.25) is 0 Å². The van der Waals surface area contributed by atoms with E-state index in [1.807, 2.05) is 61.5 Å². The van der Waals surface area contributed by atoms with Gasteiger partial charge in [0.1, 0.15) is 5.75 Å². The van der Waals surface area contributed by atoms with Gasteiger partial charge in [0.2, 0.25) is 11.9 Å². The molecule has 0 fully saturated rings. The number of guanidine groups is 2. The van der Waals surface area contributed by atoms with Crippen molar-refractivity contribution in [1.29, 1.82) is 0 Å². The largest absolute Gasteiger partial charge is 0.494 e. The minimum absolute atomic E-state index is 0.0807. The van der Waals surface area contributed by atoms with Crippen LogP contribution in [0.4, 0.5) is 11.4 Å². The highest BCUT2D eigenvalue weighted by atomic mass is 16.5. The maximum Gasteiger partial charge on any atom is 0.223 e. The number of para-hydroxylation sites is 1. The molecule has 114 valence electrons. The first-order valence-electron chi connectivity index (χ1n) is 6.90. The third-order valence-corrected chi connectivity index (χ3v) is 2.65. The van der Waals surface area contributed by atoms with E-state index < -0.39 is 0 Å². The number of nitrogens with zero attached hydrogens (tertiary/aromatic N) is 2. The van der Waals surface area contributed by atoms with Crippen molar-refractivity contribution in [3.8, 4) is 5.75 Å². The normalized spacial score (nSPS) is 12.0. The average molecular weight is 297 g/mol. The summed E-state index contributed by atoms with van der Waals surface area (Å²) in [7, 11) is 0. The summed E-state index contributed by atoms with van der Waals surface area (Å²) >= 11 is 0. The minimum Gasteiger partial charge on any atom is -0.494 e. The predicted octanol–water partition coefficient (Wildman–Crippen LogP) is 2.46. The summed E-state index contributed by atoms with van der Waals surface area (Å²) in [6.07, 6.45) is 0. The van der Waals surface area contributed by atoms with Crippen LogP contribution in [0.15, 0.2) is 64.6 Å². The monoisotopic (exact) mass is 297 g/mol. The fourth-order valence-electron chi connectivity index (χ4n) is 1.79. The highest BCUT2D eigenvalue weighted by molar-refractivity contribution is 6.01. The molecule has 0 aliphatic heterocycles. The van der Waals surface area contributed by atoms with Crippen LogP contribution < -0.4 is 21.5 Å². The fourth-order valence-corrected chi connectivity index (χ4v) is 1.79. The molecular formula is C16H19N5O. The minimum atomic E-state index is 0.0807. The highest BCUT2D eigenvalue weighted by Gasteiger charge is 1.99. The van der Waals surface area contributed by atoms with Gasteiger partial charge in [0.05, 0.1) is 12.3 Å². The van der Waals surface area contributed by atoms with E-state index in [1.54, 1.807) is 0 Å². The number of nitrogens with two attached hydrogens (primary N) is 2. The Balaban J connectivity index is 2.06. The second-order valence-electron chi connectivity index (χ2n) is 4.39. The predicted molar refractivity (Wildman–Crippen MR) is 90.6 cm³/mol. The Hall–Kier alpha value is -3.02. The molecule has 2 rings (SSSR count). The Morgan fingerprint density at radius 1 is 1.09 bits per heavy atom. The van der Waals surface area contributed by atoms with Crippen LogP contribution in [0.1, 0.15) is 6.92 Å². The molecule has 0 saturated carbocycles. The van der Waals surface area contributed by atoms with Gasteiger partial charge in [-0.05, 0) is 31.2 Å². The third-order valence-electron chi connectivity index (χ3n) is 2.65. The molecule has 0 aliphatic carbocycles. The number of aliphatic imine (C=N–C) groups is 2. The summed E-state index contributed by atoms with van der Waals surface area (Å²) in [6, 6.07) is 16.7. The molecule has 6 nitrogen and oxygen atoms in total. The summed E-state index contributed by atoms with van der Waals surface area (Å²) < 4.78 is 5.42. The van der Waals surface area contributed by atoms with Crippen LogP contribution in [0.3, 0.4) is 0 Å². The zero-order valence-corrected chi connectivity index (χ0v) is 12.4. The highest BCUT2D eigenvalue weighted by Crippen LogP contribution is 2.17. The molecule has 0 saturated heterocycles. The zero-order valence-electron chi connectivity index (χ0n) is 12.4. The SMILES string of the molecule is CCOc1cccc(NC(N)=NC(N)=Nc2ccccc2)c1. The van der Waals surface area contributed by atoms with Gasteiger partial charge in [0, 0.05) is 11.8 Å². The van der Waals surface area contributed by atoms with Crippen molar-refractivity contribution in [1.82, 2.24) is 0 Å². The third kappa shape index (κ3) is 4.82. The van der Waals surface area contributed by atoms with E-state index in [1.165, 1.54) is 0 Å². The lowest BCUT2D eigenvalue weighted by atomic mass is 10.3. The molecule has 0 unspecified atom stereocenters. The van der Waals surface area contributed by atoms with Crippen molar-refractivity contribution in [2.45, 2.75) is 6.92 Å². The van der Waals surface area contributed by atoms with Crippen LogP contribution in [0.5, 0.6) is 5.75 Å². The first-order valence-corrected chi connectivity index (χ1v) is 6.90. The Morgan fingerprint density at radius 3 is 2.59 bits per heavy atom. The molecule has 0 radical (unpaired) electrons. The molecule has 0 bridgehead atoms. The Kier molecular flexibility index (Phi) is 5.37. The number of nitrogens with one attached hydrogen (secondary N) is 1. The molecule has 0 aromatic heterocycles. The molecule has 0 atom stereocenters. The van der Waals surface area contributed by atoms with Gasteiger partial charge >= 0.3 is 0 Å². The van der Waals surface area contributed by atoms with Crippen molar-refractivity contribution in [3.63, 3.8) is 0 Å². The molecule has 2 aromatic rings. The van der Waals surface area contributed by atoms with E-state index in [9.17, 15) is 0 Å². The Morgan fingerprint density at radius 2 is 1.86 bits per heavy atom. The molecule has 2 aromatic carbocycles. The molecule has 5 N–H and O–H groups in total. The second-order valence-corrected chi connectivity index (χ2v) is 4.39. The van der Waals surface area contributed by atoms with Crippen molar-refractivity contribution < 1.29 is 4.74 Å². The lowest BCUT2D eigenvalue weighted by Gasteiger charge is -2.08. The first kappa shape index (κ1) is 15.4. The van der Waals surface area contributed by atoms with Gasteiger partial charge in [0.15, 0.2) is 0 Å².